The van der Waals surface area contributed by atoms with Crippen molar-refractivity contribution in [3.63, 3.8) is 0 Å². The maximum atomic E-state index is 11.8. The SMILES string of the molecule is CCCCCCCCCCC(=O)N/N=C/c1c[nH]c2ccccc12. The van der Waals surface area contributed by atoms with Crippen molar-refractivity contribution in [2.24, 2.45) is 5.10 Å². The van der Waals surface area contributed by atoms with Crippen molar-refractivity contribution in [3.05, 3.63) is 36.0 Å². The molecule has 4 nitrogen and oxygen atoms in total. The van der Waals surface area contributed by atoms with Crippen LogP contribution in [0, 0.1) is 0 Å². The average Bonchev–Trinajstić information content (AvgIpc) is 3.01. The Labute approximate surface area is 144 Å². The molecule has 130 valence electrons. The normalized spacial score (nSPS) is 11.4. The van der Waals surface area contributed by atoms with E-state index in [1.165, 1.54) is 38.5 Å². The number of benzene rings is 1. The fraction of sp³-hybridized carbons (Fsp3) is 0.500. The van der Waals surface area contributed by atoms with Crippen LogP contribution in [-0.2, 0) is 4.79 Å². The molecule has 0 saturated carbocycles. The van der Waals surface area contributed by atoms with Gasteiger partial charge in [0.25, 0.3) is 0 Å². The molecule has 0 spiro atoms. The number of aromatic nitrogens is 1. The second-order valence-corrected chi connectivity index (χ2v) is 6.31. The predicted molar refractivity (Wildman–Crippen MR) is 101 cm³/mol. The molecule has 0 atom stereocenters. The number of H-pyrrole nitrogens is 1. The Morgan fingerprint density at radius 3 is 2.58 bits per heavy atom. The van der Waals surface area contributed by atoms with Crippen molar-refractivity contribution >= 4 is 23.0 Å². The average molecular weight is 327 g/mol. The lowest BCUT2D eigenvalue weighted by Gasteiger charge is -2.01. The summed E-state index contributed by atoms with van der Waals surface area (Å²) in [4.78, 5) is 15.0. The van der Waals surface area contributed by atoms with Crippen LogP contribution in [0.25, 0.3) is 10.9 Å². The molecule has 0 aliphatic rings. The third-order valence-corrected chi connectivity index (χ3v) is 4.27. The molecule has 1 heterocycles. The molecule has 1 aromatic heterocycles. The zero-order valence-corrected chi connectivity index (χ0v) is 14.7. The predicted octanol–water partition coefficient (Wildman–Crippen LogP) is 5.15. The van der Waals surface area contributed by atoms with Crippen molar-refractivity contribution in [1.29, 1.82) is 0 Å². The Morgan fingerprint density at radius 1 is 1.08 bits per heavy atom. The van der Waals surface area contributed by atoms with Crippen molar-refractivity contribution in [2.45, 2.75) is 64.7 Å². The van der Waals surface area contributed by atoms with E-state index in [0.717, 1.165) is 29.3 Å². The van der Waals surface area contributed by atoms with E-state index in [2.05, 4.69) is 22.4 Å². The summed E-state index contributed by atoms with van der Waals surface area (Å²) in [5.41, 5.74) is 4.68. The lowest BCUT2D eigenvalue weighted by molar-refractivity contribution is -0.121. The number of carbonyl (C=O) groups is 1. The lowest BCUT2D eigenvalue weighted by Crippen LogP contribution is -2.16. The van der Waals surface area contributed by atoms with E-state index in [9.17, 15) is 4.79 Å². The summed E-state index contributed by atoms with van der Waals surface area (Å²) in [5.74, 6) is -0.00271. The standard InChI is InChI=1S/C20H29N3O/c1-2-3-4-5-6-7-8-9-14-20(24)23-22-16-17-15-21-19-13-11-10-12-18(17)19/h10-13,15-16,21H,2-9,14H2,1H3,(H,23,24)/b22-16+. The van der Waals surface area contributed by atoms with E-state index in [1.807, 2.05) is 30.5 Å². The van der Waals surface area contributed by atoms with Crippen molar-refractivity contribution < 1.29 is 4.79 Å². The van der Waals surface area contributed by atoms with Crippen LogP contribution < -0.4 is 5.43 Å². The molecular formula is C20H29N3O. The third kappa shape index (κ3) is 6.19. The molecule has 2 N–H and O–H groups in total. The molecule has 2 rings (SSSR count). The zero-order chi connectivity index (χ0) is 17.0. The Morgan fingerprint density at radius 2 is 1.79 bits per heavy atom. The van der Waals surface area contributed by atoms with Gasteiger partial charge in [0.15, 0.2) is 0 Å². The van der Waals surface area contributed by atoms with Gasteiger partial charge in [0.2, 0.25) is 5.91 Å². The molecule has 0 fully saturated rings. The van der Waals surface area contributed by atoms with Gasteiger partial charge in [0, 0.05) is 29.1 Å². The zero-order valence-electron chi connectivity index (χ0n) is 14.7. The first-order chi connectivity index (χ1) is 11.8. The molecule has 0 aliphatic carbocycles. The van der Waals surface area contributed by atoms with Gasteiger partial charge in [0.1, 0.15) is 0 Å². The number of fused-ring (bicyclic) bond motifs is 1. The van der Waals surface area contributed by atoms with E-state index < -0.39 is 0 Å². The van der Waals surface area contributed by atoms with Crippen LogP contribution in [0.4, 0.5) is 0 Å². The topological polar surface area (TPSA) is 57.2 Å². The van der Waals surface area contributed by atoms with E-state index in [4.69, 9.17) is 0 Å². The van der Waals surface area contributed by atoms with Crippen LogP contribution in [-0.4, -0.2) is 17.1 Å². The molecule has 1 aromatic carbocycles. The molecule has 0 bridgehead atoms. The number of unbranched alkanes of at least 4 members (excludes halogenated alkanes) is 7. The number of hydrazone groups is 1. The number of hydrogen-bond donors (Lipinski definition) is 2. The van der Waals surface area contributed by atoms with E-state index in [0.29, 0.717) is 6.42 Å². The smallest absolute Gasteiger partial charge is 0.240 e. The van der Waals surface area contributed by atoms with E-state index in [1.54, 1.807) is 6.21 Å². The third-order valence-electron chi connectivity index (χ3n) is 4.27. The van der Waals surface area contributed by atoms with Crippen molar-refractivity contribution in [1.82, 2.24) is 10.4 Å². The monoisotopic (exact) mass is 327 g/mol. The Kier molecular flexibility index (Phi) is 8.08. The Bertz CT molecular complexity index is 645. The van der Waals surface area contributed by atoms with Crippen molar-refractivity contribution in [2.75, 3.05) is 0 Å². The van der Waals surface area contributed by atoms with Gasteiger partial charge in [-0.05, 0) is 12.5 Å². The largest absolute Gasteiger partial charge is 0.361 e. The number of hydrogen-bond acceptors (Lipinski definition) is 2. The number of para-hydroxylation sites is 1. The number of nitrogens with one attached hydrogen (secondary N) is 2. The summed E-state index contributed by atoms with van der Waals surface area (Å²) in [6.45, 7) is 2.24. The molecule has 0 unspecified atom stereocenters. The maximum Gasteiger partial charge on any atom is 0.240 e. The lowest BCUT2D eigenvalue weighted by atomic mass is 10.1. The second kappa shape index (κ2) is 10.6. The van der Waals surface area contributed by atoms with Crippen LogP contribution in [0.15, 0.2) is 35.6 Å². The Balaban J connectivity index is 1.59. The van der Waals surface area contributed by atoms with Crippen LogP contribution in [0.5, 0.6) is 0 Å². The number of amides is 1. The summed E-state index contributed by atoms with van der Waals surface area (Å²) in [6.07, 6.45) is 14.1. The quantitative estimate of drug-likeness (QED) is 0.335. The van der Waals surface area contributed by atoms with Crippen LogP contribution in [0.1, 0.15) is 70.3 Å². The van der Waals surface area contributed by atoms with Gasteiger partial charge in [-0.25, -0.2) is 5.43 Å². The molecule has 24 heavy (non-hydrogen) atoms. The minimum absolute atomic E-state index is 0.00271. The van der Waals surface area contributed by atoms with E-state index in [-0.39, 0.29) is 5.91 Å². The van der Waals surface area contributed by atoms with Gasteiger partial charge in [0.05, 0.1) is 6.21 Å². The number of carbonyl (C=O) groups excluding carboxylic acids is 1. The van der Waals surface area contributed by atoms with Crippen LogP contribution in [0.3, 0.4) is 0 Å². The number of aromatic amines is 1. The highest BCUT2D eigenvalue weighted by molar-refractivity contribution is 5.99. The summed E-state index contributed by atoms with van der Waals surface area (Å²) >= 11 is 0. The molecule has 0 aliphatic heterocycles. The van der Waals surface area contributed by atoms with Gasteiger partial charge in [-0.3, -0.25) is 4.79 Å². The summed E-state index contributed by atoms with van der Waals surface area (Å²) in [6, 6.07) is 8.04. The first-order valence-corrected chi connectivity index (χ1v) is 9.19. The van der Waals surface area contributed by atoms with Gasteiger partial charge >= 0.3 is 0 Å². The first-order valence-electron chi connectivity index (χ1n) is 9.19. The van der Waals surface area contributed by atoms with Gasteiger partial charge < -0.3 is 4.98 Å². The molecule has 2 aromatic rings. The minimum atomic E-state index is -0.00271. The molecule has 4 heteroatoms. The minimum Gasteiger partial charge on any atom is -0.361 e. The fourth-order valence-corrected chi connectivity index (χ4v) is 2.85. The van der Waals surface area contributed by atoms with Gasteiger partial charge in [-0.15, -0.1) is 0 Å². The number of nitrogens with zero attached hydrogens (tertiary/aromatic N) is 1. The van der Waals surface area contributed by atoms with Crippen LogP contribution in [0.2, 0.25) is 0 Å². The second-order valence-electron chi connectivity index (χ2n) is 6.31. The highest BCUT2D eigenvalue weighted by atomic mass is 16.2. The highest BCUT2D eigenvalue weighted by Gasteiger charge is 2.01. The summed E-state index contributed by atoms with van der Waals surface area (Å²) < 4.78 is 0. The van der Waals surface area contributed by atoms with Gasteiger partial charge in [-0.1, -0.05) is 70.1 Å². The molecular weight excluding hydrogens is 298 g/mol. The summed E-state index contributed by atoms with van der Waals surface area (Å²) in [7, 11) is 0. The van der Waals surface area contributed by atoms with Crippen molar-refractivity contribution in [3.8, 4) is 0 Å². The van der Waals surface area contributed by atoms with E-state index >= 15 is 0 Å². The maximum absolute atomic E-state index is 11.8. The van der Waals surface area contributed by atoms with Gasteiger partial charge in [-0.2, -0.15) is 5.10 Å². The number of rotatable bonds is 11. The highest BCUT2D eigenvalue weighted by Crippen LogP contribution is 2.15. The molecule has 0 saturated heterocycles. The first kappa shape index (κ1) is 18.2. The Hall–Kier alpha value is -2.10. The molecule has 0 radical (unpaired) electrons. The molecule has 1 amide bonds. The fourth-order valence-electron chi connectivity index (χ4n) is 2.85. The van der Waals surface area contributed by atoms with Crippen LogP contribution >= 0.6 is 0 Å². The summed E-state index contributed by atoms with van der Waals surface area (Å²) in [5, 5.41) is 5.18.